The standard InChI is InChI=1S/C27H28N2O7S/c1-4-35-26(32)21-17-8-6-7-9-20(17)37-25(21)29-18(23(31)22(24(29)28)27(33)36-5-2)14-19(30)15-10-12-16(34-3)13-11-15/h10-14,28,31H,4-9H2,1-3H3/b18-14+,28-24?. The lowest BCUT2D eigenvalue weighted by Crippen LogP contribution is -2.29. The number of thiophene rings is 1. The quantitative estimate of drug-likeness (QED) is 0.288. The summed E-state index contributed by atoms with van der Waals surface area (Å²) in [4.78, 5) is 41.3. The van der Waals surface area contributed by atoms with Crippen LogP contribution in [0.2, 0.25) is 0 Å². The Labute approximate surface area is 218 Å². The highest BCUT2D eigenvalue weighted by Crippen LogP contribution is 2.45. The molecule has 1 aliphatic carbocycles. The van der Waals surface area contributed by atoms with Crippen molar-refractivity contribution in [1.29, 1.82) is 5.41 Å². The van der Waals surface area contributed by atoms with Crippen LogP contribution in [0.15, 0.2) is 47.4 Å². The number of esters is 2. The van der Waals surface area contributed by atoms with Gasteiger partial charge in [0, 0.05) is 16.5 Å². The van der Waals surface area contributed by atoms with Gasteiger partial charge in [-0.2, -0.15) is 0 Å². The van der Waals surface area contributed by atoms with Crippen molar-refractivity contribution >= 4 is 39.9 Å². The number of allylic oxidation sites excluding steroid dienone is 1. The molecule has 1 aromatic carbocycles. The Kier molecular flexibility index (Phi) is 7.77. The van der Waals surface area contributed by atoms with Crippen molar-refractivity contribution < 1.29 is 33.7 Å². The molecule has 37 heavy (non-hydrogen) atoms. The van der Waals surface area contributed by atoms with E-state index in [0.29, 0.717) is 28.3 Å². The van der Waals surface area contributed by atoms with E-state index in [2.05, 4.69) is 0 Å². The molecule has 9 nitrogen and oxygen atoms in total. The second-order valence-corrected chi connectivity index (χ2v) is 9.45. The molecule has 0 amide bonds. The van der Waals surface area contributed by atoms with Crippen molar-refractivity contribution in [3.63, 3.8) is 0 Å². The van der Waals surface area contributed by atoms with Gasteiger partial charge in [0.1, 0.15) is 22.2 Å². The topological polar surface area (TPSA) is 126 Å². The first-order valence-corrected chi connectivity index (χ1v) is 12.8. The van der Waals surface area contributed by atoms with Gasteiger partial charge < -0.3 is 19.3 Å². The van der Waals surface area contributed by atoms with Gasteiger partial charge in [0.05, 0.1) is 31.6 Å². The molecule has 0 fully saturated rings. The molecule has 2 N–H and O–H groups in total. The minimum atomic E-state index is -0.894. The number of aryl methyl sites for hydroxylation is 1. The number of ether oxygens (including phenoxy) is 3. The number of anilines is 1. The second kappa shape index (κ2) is 11.0. The van der Waals surface area contributed by atoms with Crippen molar-refractivity contribution in [2.24, 2.45) is 0 Å². The number of methoxy groups -OCH3 is 1. The molecule has 0 unspecified atom stereocenters. The van der Waals surface area contributed by atoms with Crippen molar-refractivity contribution in [1.82, 2.24) is 0 Å². The third-order valence-corrected chi connectivity index (χ3v) is 7.41. The zero-order valence-corrected chi connectivity index (χ0v) is 21.7. The van der Waals surface area contributed by atoms with Crippen LogP contribution in [0.5, 0.6) is 5.75 Å². The lowest BCUT2D eigenvalue weighted by atomic mass is 9.95. The van der Waals surface area contributed by atoms with Crippen LogP contribution in [0, 0.1) is 5.41 Å². The first-order chi connectivity index (χ1) is 17.8. The zero-order chi connectivity index (χ0) is 26.7. The van der Waals surface area contributed by atoms with Crippen LogP contribution in [-0.2, 0) is 27.1 Å². The fourth-order valence-electron chi connectivity index (χ4n) is 4.40. The average Bonchev–Trinajstić information content (AvgIpc) is 3.38. The van der Waals surface area contributed by atoms with E-state index in [4.69, 9.17) is 19.6 Å². The number of nitrogens with zero attached hydrogens (tertiary/aromatic N) is 1. The summed E-state index contributed by atoms with van der Waals surface area (Å²) in [5, 5.41) is 20.2. The lowest BCUT2D eigenvalue weighted by Gasteiger charge is -2.21. The van der Waals surface area contributed by atoms with Crippen molar-refractivity contribution in [3.8, 4) is 5.75 Å². The number of hydrogen-bond acceptors (Lipinski definition) is 9. The Morgan fingerprint density at radius 2 is 1.70 bits per heavy atom. The van der Waals surface area contributed by atoms with Crippen LogP contribution in [-0.4, -0.2) is 49.0 Å². The van der Waals surface area contributed by atoms with Crippen LogP contribution < -0.4 is 9.64 Å². The number of ketones is 1. The molecule has 0 bridgehead atoms. The molecular weight excluding hydrogens is 496 g/mol. The predicted octanol–water partition coefficient (Wildman–Crippen LogP) is 4.75. The fourth-order valence-corrected chi connectivity index (χ4v) is 5.80. The summed E-state index contributed by atoms with van der Waals surface area (Å²) in [5.41, 5.74) is 0.998. The van der Waals surface area contributed by atoms with Crippen molar-refractivity contribution in [2.75, 3.05) is 25.2 Å². The summed E-state index contributed by atoms with van der Waals surface area (Å²) in [6, 6.07) is 6.41. The first kappa shape index (κ1) is 26.2. The molecule has 1 aliphatic heterocycles. The van der Waals surface area contributed by atoms with Gasteiger partial charge in [-0.25, -0.2) is 9.59 Å². The Morgan fingerprint density at radius 3 is 2.35 bits per heavy atom. The number of fused-ring (bicyclic) bond motifs is 1. The van der Waals surface area contributed by atoms with E-state index in [1.807, 2.05) is 0 Å². The van der Waals surface area contributed by atoms with Crippen molar-refractivity contribution in [2.45, 2.75) is 39.5 Å². The first-order valence-electron chi connectivity index (χ1n) is 12.0. The van der Waals surface area contributed by atoms with Crippen LogP contribution in [0.4, 0.5) is 5.00 Å². The molecule has 0 atom stereocenters. The van der Waals surface area contributed by atoms with Gasteiger partial charge in [-0.3, -0.25) is 15.1 Å². The minimum Gasteiger partial charge on any atom is -0.505 e. The average molecular weight is 525 g/mol. The van der Waals surface area contributed by atoms with E-state index < -0.39 is 23.5 Å². The zero-order valence-electron chi connectivity index (χ0n) is 20.9. The molecule has 2 aromatic rings. The van der Waals surface area contributed by atoms with E-state index in [9.17, 15) is 19.5 Å². The minimum absolute atomic E-state index is 0.0358. The number of aliphatic hydroxyl groups excluding tert-OH is 1. The fraction of sp³-hybridized carbons (Fsp3) is 0.333. The molecular formula is C27H28N2O7S. The normalized spacial score (nSPS) is 16.1. The number of nitrogens with one attached hydrogen (secondary N) is 1. The molecule has 0 spiro atoms. The number of rotatable bonds is 8. The Balaban J connectivity index is 1.88. The Morgan fingerprint density at radius 1 is 1.05 bits per heavy atom. The second-order valence-electron chi connectivity index (χ2n) is 8.36. The van der Waals surface area contributed by atoms with Gasteiger partial charge in [0.25, 0.3) is 0 Å². The number of carbonyl (C=O) groups excluding carboxylic acids is 3. The van der Waals surface area contributed by atoms with Crippen LogP contribution in [0.3, 0.4) is 0 Å². The predicted molar refractivity (Wildman–Crippen MR) is 139 cm³/mol. The molecule has 0 saturated heterocycles. The van der Waals surface area contributed by atoms with Gasteiger partial charge in [-0.15, -0.1) is 11.3 Å². The van der Waals surface area contributed by atoms with E-state index in [0.717, 1.165) is 35.8 Å². The highest BCUT2D eigenvalue weighted by molar-refractivity contribution is 7.17. The highest BCUT2D eigenvalue weighted by atomic mass is 32.1. The number of aliphatic hydroxyl groups is 1. The van der Waals surface area contributed by atoms with E-state index in [1.165, 1.54) is 23.3 Å². The van der Waals surface area contributed by atoms with Crippen LogP contribution in [0.25, 0.3) is 0 Å². The maximum atomic E-state index is 13.2. The summed E-state index contributed by atoms with van der Waals surface area (Å²) in [6.07, 6.45) is 4.47. The third kappa shape index (κ3) is 4.89. The highest BCUT2D eigenvalue weighted by Gasteiger charge is 2.42. The SMILES string of the molecule is CCOC(=O)C1=C(O)/C(=C\C(=O)c2ccc(OC)cc2)N(c2sc3c(c2C(=O)OCC)CCCC3)C1=N. The third-order valence-electron chi connectivity index (χ3n) is 6.14. The molecule has 2 aliphatic rings. The van der Waals surface area contributed by atoms with Crippen LogP contribution >= 0.6 is 11.3 Å². The largest absolute Gasteiger partial charge is 0.505 e. The molecule has 194 valence electrons. The summed E-state index contributed by atoms with van der Waals surface area (Å²) >= 11 is 1.30. The van der Waals surface area contributed by atoms with Gasteiger partial charge in [-0.05, 0) is 69.4 Å². The van der Waals surface area contributed by atoms with Gasteiger partial charge in [0.2, 0.25) is 0 Å². The molecule has 4 rings (SSSR count). The summed E-state index contributed by atoms with van der Waals surface area (Å²) in [6.45, 7) is 3.52. The molecule has 1 aromatic heterocycles. The maximum Gasteiger partial charge on any atom is 0.345 e. The lowest BCUT2D eigenvalue weighted by molar-refractivity contribution is -0.138. The Hall–Kier alpha value is -3.92. The molecule has 2 heterocycles. The molecule has 10 heteroatoms. The Bertz CT molecular complexity index is 1320. The smallest absolute Gasteiger partial charge is 0.345 e. The summed E-state index contributed by atoms with van der Waals surface area (Å²) in [5.74, 6) is -2.28. The summed E-state index contributed by atoms with van der Waals surface area (Å²) in [7, 11) is 1.52. The molecule has 0 saturated carbocycles. The van der Waals surface area contributed by atoms with Gasteiger partial charge in [0.15, 0.2) is 11.5 Å². The number of hydrogen-bond donors (Lipinski definition) is 2. The van der Waals surface area contributed by atoms with E-state index in [1.54, 1.807) is 38.1 Å². The van der Waals surface area contributed by atoms with Gasteiger partial charge in [-0.1, -0.05) is 0 Å². The monoisotopic (exact) mass is 524 g/mol. The summed E-state index contributed by atoms with van der Waals surface area (Å²) < 4.78 is 15.6. The van der Waals surface area contributed by atoms with Crippen molar-refractivity contribution in [3.05, 3.63) is 68.9 Å². The van der Waals surface area contributed by atoms with Gasteiger partial charge >= 0.3 is 11.9 Å². The van der Waals surface area contributed by atoms with E-state index in [-0.39, 0.29) is 30.3 Å². The number of carbonyl (C=O) groups is 3. The maximum absolute atomic E-state index is 13.2. The van der Waals surface area contributed by atoms with Crippen LogP contribution in [0.1, 0.15) is 57.8 Å². The number of amidine groups is 1. The molecule has 0 radical (unpaired) electrons. The van der Waals surface area contributed by atoms with E-state index >= 15 is 0 Å². The number of benzene rings is 1.